The number of ketones is 1. The van der Waals surface area contributed by atoms with Crippen LogP contribution in [0.3, 0.4) is 0 Å². The highest BCUT2D eigenvalue weighted by atomic mass is 16.5. The number of carbonyl (C=O) groups is 2. The molecule has 0 heterocycles. The number of esters is 1. The zero-order chi connectivity index (χ0) is 20.2. The number of aliphatic hydroxyl groups is 1. The van der Waals surface area contributed by atoms with Gasteiger partial charge in [-0.2, -0.15) is 0 Å². The SMILES string of the molecule is CCCCC/C=C\CCCCCCCC/C=C/C(=O)C[C@@H](O)COC(C)=O. The highest BCUT2D eigenvalue weighted by molar-refractivity contribution is 5.89. The molecule has 0 spiro atoms. The number of hydrogen-bond acceptors (Lipinski definition) is 4. The molecular formula is C23H40O4. The zero-order valence-electron chi connectivity index (χ0n) is 17.5. The lowest BCUT2D eigenvalue weighted by atomic mass is 10.1. The quantitative estimate of drug-likeness (QED) is 0.144. The molecule has 0 rings (SSSR count). The summed E-state index contributed by atoms with van der Waals surface area (Å²) in [5.41, 5.74) is 0. The van der Waals surface area contributed by atoms with Crippen molar-refractivity contribution in [3.63, 3.8) is 0 Å². The molecule has 0 aliphatic rings. The van der Waals surface area contributed by atoms with Crippen LogP contribution in [0.1, 0.15) is 97.3 Å². The van der Waals surface area contributed by atoms with Gasteiger partial charge in [-0.3, -0.25) is 9.59 Å². The van der Waals surface area contributed by atoms with E-state index in [9.17, 15) is 14.7 Å². The molecule has 4 heteroatoms. The van der Waals surface area contributed by atoms with Crippen molar-refractivity contribution >= 4 is 11.8 Å². The third-order valence-electron chi connectivity index (χ3n) is 4.35. The molecule has 0 saturated carbocycles. The number of ether oxygens (including phenoxy) is 1. The first-order valence-electron chi connectivity index (χ1n) is 10.7. The first kappa shape index (κ1) is 25.6. The summed E-state index contributed by atoms with van der Waals surface area (Å²) in [5, 5.41) is 9.56. The Labute approximate surface area is 166 Å². The molecule has 27 heavy (non-hydrogen) atoms. The third-order valence-corrected chi connectivity index (χ3v) is 4.35. The number of hydrogen-bond donors (Lipinski definition) is 1. The van der Waals surface area contributed by atoms with Gasteiger partial charge in [0.15, 0.2) is 5.78 Å². The predicted molar refractivity (Wildman–Crippen MR) is 112 cm³/mol. The lowest BCUT2D eigenvalue weighted by molar-refractivity contribution is -0.144. The highest BCUT2D eigenvalue weighted by Crippen LogP contribution is 2.10. The average molecular weight is 381 g/mol. The molecule has 156 valence electrons. The fourth-order valence-corrected chi connectivity index (χ4v) is 2.77. The van der Waals surface area contributed by atoms with Gasteiger partial charge in [0.1, 0.15) is 6.61 Å². The Bertz CT molecular complexity index is 426. The van der Waals surface area contributed by atoms with Crippen LogP contribution >= 0.6 is 0 Å². The first-order valence-corrected chi connectivity index (χ1v) is 10.7. The van der Waals surface area contributed by atoms with Gasteiger partial charge in [-0.25, -0.2) is 0 Å². The van der Waals surface area contributed by atoms with E-state index in [1.807, 2.05) is 6.08 Å². The topological polar surface area (TPSA) is 63.6 Å². The minimum absolute atomic E-state index is 0.00314. The van der Waals surface area contributed by atoms with Crippen LogP contribution in [-0.4, -0.2) is 29.6 Å². The van der Waals surface area contributed by atoms with E-state index in [2.05, 4.69) is 23.8 Å². The standard InChI is InChI=1S/C23H40O4/c1-3-4-5-6-7-8-9-10-11-12-13-14-15-16-17-18-22(25)19-23(26)20-27-21(2)24/h7-8,17-18,23,26H,3-6,9-16,19-20H2,1-2H3/b8-7-,18-17+/t23-/m1/s1. The van der Waals surface area contributed by atoms with Gasteiger partial charge in [0, 0.05) is 13.3 Å². The summed E-state index contributed by atoms with van der Waals surface area (Å²) in [6.07, 6.45) is 21.9. The van der Waals surface area contributed by atoms with Crippen molar-refractivity contribution in [1.82, 2.24) is 0 Å². The van der Waals surface area contributed by atoms with Gasteiger partial charge in [0.2, 0.25) is 0 Å². The van der Waals surface area contributed by atoms with E-state index < -0.39 is 12.1 Å². The minimum Gasteiger partial charge on any atom is -0.463 e. The molecule has 0 saturated heterocycles. The van der Waals surface area contributed by atoms with Gasteiger partial charge in [-0.05, 0) is 44.6 Å². The molecule has 4 nitrogen and oxygen atoms in total. The zero-order valence-corrected chi connectivity index (χ0v) is 17.5. The number of aliphatic hydroxyl groups excluding tert-OH is 1. The fraction of sp³-hybridized carbons (Fsp3) is 0.739. The molecule has 0 aliphatic carbocycles. The molecule has 0 aromatic carbocycles. The molecule has 1 N–H and O–H groups in total. The van der Waals surface area contributed by atoms with Crippen LogP contribution in [-0.2, 0) is 14.3 Å². The van der Waals surface area contributed by atoms with Crippen LogP contribution < -0.4 is 0 Å². The van der Waals surface area contributed by atoms with Gasteiger partial charge in [0.25, 0.3) is 0 Å². The van der Waals surface area contributed by atoms with Crippen LogP contribution in [0.4, 0.5) is 0 Å². The highest BCUT2D eigenvalue weighted by Gasteiger charge is 2.09. The van der Waals surface area contributed by atoms with E-state index in [4.69, 9.17) is 0 Å². The number of rotatable bonds is 18. The largest absolute Gasteiger partial charge is 0.463 e. The molecule has 0 bridgehead atoms. The molecular weight excluding hydrogens is 340 g/mol. The molecule has 0 aliphatic heterocycles. The van der Waals surface area contributed by atoms with E-state index in [1.165, 1.54) is 77.2 Å². The van der Waals surface area contributed by atoms with Crippen molar-refractivity contribution in [2.75, 3.05) is 6.61 Å². The summed E-state index contributed by atoms with van der Waals surface area (Å²) >= 11 is 0. The Balaban J connectivity index is 3.41. The van der Waals surface area contributed by atoms with Crippen LogP contribution in [0.15, 0.2) is 24.3 Å². The van der Waals surface area contributed by atoms with Crippen molar-refractivity contribution < 1.29 is 19.4 Å². The van der Waals surface area contributed by atoms with Crippen molar-refractivity contribution in [1.29, 1.82) is 0 Å². The molecule has 0 fully saturated rings. The number of carbonyl (C=O) groups excluding carboxylic acids is 2. The molecule has 0 aromatic heterocycles. The molecule has 0 aromatic rings. The van der Waals surface area contributed by atoms with Gasteiger partial charge < -0.3 is 9.84 Å². The van der Waals surface area contributed by atoms with Crippen LogP contribution in [0, 0.1) is 0 Å². The second-order valence-electron chi connectivity index (χ2n) is 7.20. The summed E-state index contributed by atoms with van der Waals surface area (Å²) in [4.78, 5) is 22.3. The van der Waals surface area contributed by atoms with Crippen molar-refractivity contribution in [2.45, 2.75) is 103 Å². The van der Waals surface area contributed by atoms with E-state index in [0.29, 0.717) is 0 Å². The van der Waals surface area contributed by atoms with E-state index in [1.54, 1.807) is 0 Å². The molecule has 0 amide bonds. The Morgan fingerprint density at radius 2 is 1.37 bits per heavy atom. The van der Waals surface area contributed by atoms with Crippen molar-refractivity contribution in [3.8, 4) is 0 Å². The van der Waals surface area contributed by atoms with Gasteiger partial charge in [0.05, 0.1) is 6.10 Å². The summed E-state index contributed by atoms with van der Waals surface area (Å²) in [6.45, 7) is 3.39. The summed E-state index contributed by atoms with van der Waals surface area (Å²) in [5.74, 6) is -0.576. The minimum atomic E-state index is -0.919. The number of unbranched alkanes of at least 4 members (excludes halogenated alkanes) is 10. The third kappa shape index (κ3) is 20.7. The second-order valence-corrected chi connectivity index (χ2v) is 7.20. The monoisotopic (exact) mass is 380 g/mol. The Hall–Kier alpha value is -1.42. The van der Waals surface area contributed by atoms with Gasteiger partial charge in [-0.15, -0.1) is 0 Å². The first-order chi connectivity index (χ1) is 13.1. The summed E-state index contributed by atoms with van der Waals surface area (Å²) in [7, 11) is 0. The van der Waals surface area contributed by atoms with Gasteiger partial charge in [-0.1, -0.05) is 63.7 Å². The van der Waals surface area contributed by atoms with Crippen LogP contribution in [0.25, 0.3) is 0 Å². The maximum atomic E-state index is 11.6. The molecule has 0 radical (unpaired) electrons. The maximum absolute atomic E-state index is 11.6. The van der Waals surface area contributed by atoms with Crippen molar-refractivity contribution in [2.24, 2.45) is 0 Å². The smallest absolute Gasteiger partial charge is 0.302 e. The van der Waals surface area contributed by atoms with Crippen LogP contribution in [0.5, 0.6) is 0 Å². The molecule has 1 atom stereocenters. The normalized spacial score (nSPS) is 12.7. The van der Waals surface area contributed by atoms with Gasteiger partial charge >= 0.3 is 5.97 Å². The average Bonchev–Trinajstić information content (AvgIpc) is 2.63. The lowest BCUT2D eigenvalue weighted by Gasteiger charge is -2.07. The van der Waals surface area contributed by atoms with E-state index >= 15 is 0 Å². The fourth-order valence-electron chi connectivity index (χ4n) is 2.77. The Morgan fingerprint density at radius 3 is 1.93 bits per heavy atom. The Kier molecular flexibility index (Phi) is 18.3. The second kappa shape index (κ2) is 19.3. The van der Waals surface area contributed by atoms with Crippen LogP contribution in [0.2, 0.25) is 0 Å². The predicted octanol–water partition coefficient (Wildman–Crippen LogP) is 5.68. The van der Waals surface area contributed by atoms with Crippen molar-refractivity contribution in [3.05, 3.63) is 24.3 Å². The van der Waals surface area contributed by atoms with E-state index in [0.717, 1.165) is 12.8 Å². The summed E-state index contributed by atoms with van der Waals surface area (Å²) in [6, 6.07) is 0. The lowest BCUT2D eigenvalue weighted by Crippen LogP contribution is -2.20. The molecule has 0 unspecified atom stereocenters. The van der Waals surface area contributed by atoms with E-state index in [-0.39, 0.29) is 18.8 Å². The Morgan fingerprint density at radius 1 is 0.852 bits per heavy atom. The number of allylic oxidation sites excluding steroid dienone is 4. The summed E-state index contributed by atoms with van der Waals surface area (Å²) < 4.78 is 4.67. The maximum Gasteiger partial charge on any atom is 0.302 e.